The van der Waals surface area contributed by atoms with Crippen LogP contribution in [0, 0.1) is 23.2 Å². The summed E-state index contributed by atoms with van der Waals surface area (Å²) in [5, 5.41) is 9.26. The van der Waals surface area contributed by atoms with Crippen LogP contribution < -0.4 is 0 Å². The molecule has 0 amide bonds. The van der Waals surface area contributed by atoms with E-state index in [0.29, 0.717) is 13.2 Å². The minimum atomic E-state index is -0.731. The zero-order chi connectivity index (χ0) is 16.2. The van der Waals surface area contributed by atoms with Gasteiger partial charge in [-0.15, -0.1) is 0 Å². The third-order valence-electron chi connectivity index (χ3n) is 4.01. The van der Waals surface area contributed by atoms with Crippen molar-refractivity contribution in [2.75, 3.05) is 6.61 Å². The van der Waals surface area contributed by atoms with Gasteiger partial charge in [-0.1, -0.05) is 44.2 Å². The van der Waals surface area contributed by atoms with E-state index < -0.39 is 11.9 Å². The highest BCUT2D eigenvalue weighted by Crippen LogP contribution is 2.34. The normalized spacial score (nSPS) is 28.8. The van der Waals surface area contributed by atoms with Gasteiger partial charge in [0, 0.05) is 11.8 Å². The van der Waals surface area contributed by atoms with Gasteiger partial charge in [-0.2, -0.15) is 5.26 Å². The molecule has 1 fully saturated rings. The third kappa shape index (κ3) is 4.30. The van der Waals surface area contributed by atoms with Gasteiger partial charge in [0.15, 0.2) is 11.9 Å². The van der Waals surface area contributed by atoms with E-state index in [9.17, 15) is 5.26 Å². The summed E-state index contributed by atoms with van der Waals surface area (Å²) >= 11 is 0. The van der Waals surface area contributed by atoms with Crippen LogP contribution in [0.3, 0.4) is 0 Å². The molecule has 0 radical (unpaired) electrons. The van der Waals surface area contributed by atoms with E-state index in [0.717, 1.165) is 5.56 Å². The van der Waals surface area contributed by atoms with Gasteiger partial charge in [0.2, 0.25) is 0 Å². The van der Waals surface area contributed by atoms with Gasteiger partial charge >= 0.3 is 0 Å². The molecule has 0 saturated carbocycles. The molecule has 4 nitrogen and oxygen atoms in total. The van der Waals surface area contributed by atoms with Gasteiger partial charge < -0.3 is 14.2 Å². The first-order valence-electron chi connectivity index (χ1n) is 7.80. The molecule has 1 aliphatic heterocycles. The summed E-state index contributed by atoms with van der Waals surface area (Å²) in [6, 6.07) is 12.3. The monoisotopic (exact) mass is 303 g/mol. The summed E-state index contributed by atoms with van der Waals surface area (Å²) in [4.78, 5) is 0. The molecule has 4 heteroatoms. The molecule has 1 aromatic rings. The molecule has 4 atom stereocenters. The smallest absolute Gasteiger partial charge is 0.164 e. The minimum Gasteiger partial charge on any atom is -0.376 e. The lowest BCUT2D eigenvalue weighted by Crippen LogP contribution is -2.52. The number of nitrogens with zero attached hydrogens (tertiary/aromatic N) is 1. The fourth-order valence-electron chi connectivity index (χ4n) is 2.86. The maximum atomic E-state index is 9.26. The van der Waals surface area contributed by atoms with Gasteiger partial charge in [-0.25, -0.2) is 0 Å². The highest BCUT2D eigenvalue weighted by molar-refractivity contribution is 5.13. The van der Waals surface area contributed by atoms with Crippen LogP contribution >= 0.6 is 0 Å². The van der Waals surface area contributed by atoms with Crippen molar-refractivity contribution < 1.29 is 14.2 Å². The van der Waals surface area contributed by atoms with E-state index in [1.165, 1.54) is 0 Å². The van der Waals surface area contributed by atoms with Crippen molar-refractivity contribution in [2.24, 2.45) is 11.8 Å². The van der Waals surface area contributed by atoms with Crippen LogP contribution in [-0.4, -0.2) is 24.6 Å². The van der Waals surface area contributed by atoms with Crippen molar-refractivity contribution in [2.45, 2.75) is 52.3 Å². The summed E-state index contributed by atoms with van der Waals surface area (Å²) in [7, 11) is 0. The Morgan fingerprint density at radius 2 is 1.95 bits per heavy atom. The maximum Gasteiger partial charge on any atom is 0.164 e. The summed E-state index contributed by atoms with van der Waals surface area (Å²) < 4.78 is 17.5. The SMILES string of the molecule is C[C@@H]1[C@@H]([C@@H](C)COCc2ccccc2)OC(C)(C)O[C@H]1C#N. The molecule has 0 aliphatic carbocycles. The van der Waals surface area contributed by atoms with Gasteiger partial charge in [0.25, 0.3) is 0 Å². The highest BCUT2D eigenvalue weighted by Gasteiger charge is 2.43. The fourth-order valence-corrected chi connectivity index (χ4v) is 2.86. The number of hydrogen-bond donors (Lipinski definition) is 0. The largest absolute Gasteiger partial charge is 0.376 e. The van der Waals surface area contributed by atoms with E-state index in [2.05, 4.69) is 13.0 Å². The summed E-state index contributed by atoms with van der Waals surface area (Å²) in [5.41, 5.74) is 1.16. The molecular weight excluding hydrogens is 278 g/mol. The molecule has 22 heavy (non-hydrogen) atoms. The first-order valence-corrected chi connectivity index (χ1v) is 7.80. The predicted molar refractivity (Wildman–Crippen MR) is 83.9 cm³/mol. The summed E-state index contributed by atoms with van der Waals surface area (Å²) in [6.45, 7) is 9.00. The Labute approximate surface area is 133 Å². The lowest BCUT2D eigenvalue weighted by atomic mass is 9.88. The Balaban J connectivity index is 1.90. The maximum absolute atomic E-state index is 9.26. The number of ether oxygens (including phenoxy) is 3. The molecule has 1 aromatic carbocycles. The van der Waals surface area contributed by atoms with Crippen molar-refractivity contribution in [1.82, 2.24) is 0 Å². The Hall–Kier alpha value is -1.41. The molecular formula is C18H25NO3. The fraction of sp³-hybridized carbons (Fsp3) is 0.611. The summed E-state index contributed by atoms with van der Waals surface area (Å²) in [6.07, 6.45) is -0.491. The van der Waals surface area contributed by atoms with Crippen molar-refractivity contribution in [3.05, 3.63) is 35.9 Å². The first kappa shape index (κ1) is 17.0. The molecule has 1 aliphatic rings. The standard InChI is InChI=1S/C18H25NO3/c1-13(11-20-12-15-8-6-5-7-9-15)17-14(2)16(10-19)21-18(3,4)22-17/h5-9,13-14,16-17H,11-12H2,1-4H3/t13-,14-,16-,17+/m0/s1. The van der Waals surface area contributed by atoms with E-state index in [-0.39, 0.29) is 17.9 Å². The van der Waals surface area contributed by atoms with Crippen LogP contribution in [0.1, 0.15) is 33.3 Å². The third-order valence-corrected chi connectivity index (χ3v) is 4.01. The predicted octanol–water partition coefficient (Wildman–Crippen LogP) is 3.52. The van der Waals surface area contributed by atoms with Crippen molar-refractivity contribution in [3.63, 3.8) is 0 Å². The molecule has 1 saturated heterocycles. The van der Waals surface area contributed by atoms with Crippen LogP contribution in [0.15, 0.2) is 30.3 Å². The van der Waals surface area contributed by atoms with Crippen LogP contribution in [0.5, 0.6) is 0 Å². The molecule has 0 spiro atoms. The second-order valence-electron chi connectivity index (χ2n) is 6.49. The average Bonchev–Trinajstić information content (AvgIpc) is 2.50. The molecule has 0 unspecified atom stereocenters. The van der Waals surface area contributed by atoms with E-state index in [1.807, 2.05) is 51.1 Å². The van der Waals surface area contributed by atoms with Gasteiger partial charge in [-0.05, 0) is 19.4 Å². The number of rotatable bonds is 5. The lowest BCUT2D eigenvalue weighted by Gasteiger charge is -2.44. The minimum absolute atomic E-state index is 0.0216. The van der Waals surface area contributed by atoms with Gasteiger partial charge in [-0.3, -0.25) is 0 Å². The van der Waals surface area contributed by atoms with Gasteiger partial charge in [0.1, 0.15) is 0 Å². The van der Waals surface area contributed by atoms with Crippen LogP contribution in [0.4, 0.5) is 0 Å². The number of benzene rings is 1. The van der Waals surface area contributed by atoms with E-state index >= 15 is 0 Å². The molecule has 0 N–H and O–H groups in total. The second-order valence-corrected chi connectivity index (χ2v) is 6.49. The molecule has 120 valence electrons. The Morgan fingerprint density at radius 3 is 2.59 bits per heavy atom. The zero-order valence-corrected chi connectivity index (χ0v) is 13.8. The van der Waals surface area contributed by atoms with Gasteiger partial charge in [0.05, 0.1) is 25.4 Å². The van der Waals surface area contributed by atoms with Crippen molar-refractivity contribution in [1.29, 1.82) is 5.26 Å². The molecule has 1 heterocycles. The van der Waals surface area contributed by atoms with E-state index in [4.69, 9.17) is 14.2 Å². The molecule has 0 bridgehead atoms. The highest BCUT2D eigenvalue weighted by atomic mass is 16.7. The Morgan fingerprint density at radius 1 is 1.27 bits per heavy atom. The quantitative estimate of drug-likeness (QED) is 0.835. The zero-order valence-electron chi connectivity index (χ0n) is 13.8. The van der Waals surface area contributed by atoms with Crippen molar-refractivity contribution in [3.8, 4) is 6.07 Å². The van der Waals surface area contributed by atoms with Crippen molar-refractivity contribution >= 4 is 0 Å². The van der Waals surface area contributed by atoms with Crippen LogP contribution in [0.25, 0.3) is 0 Å². The lowest BCUT2D eigenvalue weighted by molar-refractivity contribution is -0.317. The molecule has 0 aromatic heterocycles. The Bertz CT molecular complexity index is 509. The Kier molecular flexibility index (Phi) is 5.57. The van der Waals surface area contributed by atoms with Crippen LogP contribution in [0.2, 0.25) is 0 Å². The molecule has 2 rings (SSSR count). The topological polar surface area (TPSA) is 51.5 Å². The number of hydrogen-bond acceptors (Lipinski definition) is 4. The number of nitriles is 1. The first-order chi connectivity index (χ1) is 10.4. The summed E-state index contributed by atoms with van der Waals surface area (Å²) in [5.74, 6) is -0.517. The van der Waals surface area contributed by atoms with Crippen LogP contribution in [-0.2, 0) is 20.8 Å². The van der Waals surface area contributed by atoms with E-state index in [1.54, 1.807) is 0 Å². The average molecular weight is 303 g/mol. The second kappa shape index (κ2) is 7.23.